The van der Waals surface area contributed by atoms with Crippen LogP contribution >= 0.6 is 11.6 Å². The monoisotopic (exact) mass is 334 g/mol. The summed E-state index contributed by atoms with van der Waals surface area (Å²) in [5.74, 6) is 0.833. The maximum atomic E-state index is 11.0. The number of nitrogens with zero attached hydrogens (tertiary/aromatic N) is 2. The molecule has 2 aromatic rings. The van der Waals surface area contributed by atoms with Crippen LogP contribution in [0.2, 0.25) is 5.22 Å². The molecule has 2 heterocycles. The van der Waals surface area contributed by atoms with Crippen LogP contribution in [0.15, 0.2) is 46.9 Å². The maximum absolute atomic E-state index is 11.0. The topological polar surface area (TPSA) is 39.9 Å². The SMILES string of the molecule is CN(C)[C@]1(c2ccccc2)CCN(Cc2ccc(Cl)o2)C[C@H]1O. The largest absolute Gasteiger partial charge is 0.448 e. The molecule has 3 rings (SSSR count). The van der Waals surface area contributed by atoms with Crippen LogP contribution in [0.1, 0.15) is 17.7 Å². The third-order valence-corrected chi connectivity index (χ3v) is 5.07. The van der Waals surface area contributed by atoms with Crippen molar-refractivity contribution in [3.63, 3.8) is 0 Å². The summed E-state index contributed by atoms with van der Waals surface area (Å²) in [6.45, 7) is 2.16. The molecule has 0 amide bonds. The van der Waals surface area contributed by atoms with E-state index in [-0.39, 0.29) is 5.54 Å². The molecule has 124 valence electrons. The normalized spacial score (nSPS) is 25.9. The quantitative estimate of drug-likeness (QED) is 0.933. The van der Waals surface area contributed by atoms with Crippen molar-refractivity contribution in [2.75, 3.05) is 27.2 Å². The van der Waals surface area contributed by atoms with Gasteiger partial charge >= 0.3 is 0 Å². The van der Waals surface area contributed by atoms with Crippen LogP contribution in [0.25, 0.3) is 0 Å². The summed E-state index contributed by atoms with van der Waals surface area (Å²) in [5, 5.41) is 11.4. The lowest BCUT2D eigenvalue weighted by atomic mass is 9.77. The van der Waals surface area contributed by atoms with Gasteiger partial charge in [0.15, 0.2) is 5.22 Å². The van der Waals surface area contributed by atoms with Gasteiger partial charge in [-0.1, -0.05) is 30.3 Å². The molecular weight excluding hydrogens is 312 g/mol. The summed E-state index contributed by atoms with van der Waals surface area (Å²) in [6, 6.07) is 13.9. The molecule has 0 saturated carbocycles. The van der Waals surface area contributed by atoms with Crippen LogP contribution in [0.3, 0.4) is 0 Å². The van der Waals surface area contributed by atoms with Gasteiger partial charge in [0.25, 0.3) is 0 Å². The third kappa shape index (κ3) is 3.17. The molecule has 1 aliphatic heterocycles. The Hall–Kier alpha value is -1.33. The van der Waals surface area contributed by atoms with Gasteiger partial charge in [-0.05, 0) is 49.8 Å². The van der Waals surface area contributed by atoms with Gasteiger partial charge in [0.05, 0.1) is 18.2 Å². The summed E-state index contributed by atoms with van der Waals surface area (Å²) in [4.78, 5) is 4.36. The number of furan rings is 1. The molecule has 2 atom stereocenters. The number of benzene rings is 1. The van der Waals surface area contributed by atoms with Crippen molar-refractivity contribution >= 4 is 11.6 Å². The fraction of sp³-hybridized carbons (Fsp3) is 0.444. The first kappa shape index (κ1) is 16.5. The van der Waals surface area contributed by atoms with Gasteiger partial charge in [-0.25, -0.2) is 0 Å². The van der Waals surface area contributed by atoms with Crippen molar-refractivity contribution in [3.8, 4) is 0 Å². The number of hydrogen-bond donors (Lipinski definition) is 1. The van der Waals surface area contributed by atoms with E-state index in [4.69, 9.17) is 16.0 Å². The Morgan fingerprint density at radius 1 is 1.26 bits per heavy atom. The molecule has 1 aromatic heterocycles. The van der Waals surface area contributed by atoms with Gasteiger partial charge in [-0.2, -0.15) is 0 Å². The number of hydrogen-bond acceptors (Lipinski definition) is 4. The highest BCUT2D eigenvalue weighted by Crippen LogP contribution is 2.38. The molecule has 0 spiro atoms. The predicted molar refractivity (Wildman–Crippen MR) is 91.4 cm³/mol. The van der Waals surface area contributed by atoms with Crippen molar-refractivity contribution < 1.29 is 9.52 Å². The van der Waals surface area contributed by atoms with E-state index in [1.807, 2.05) is 38.4 Å². The smallest absolute Gasteiger partial charge is 0.193 e. The predicted octanol–water partition coefficient (Wildman–Crippen LogP) is 2.96. The molecule has 1 N–H and O–H groups in total. The van der Waals surface area contributed by atoms with Gasteiger partial charge in [-0.15, -0.1) is 0 Å². The second-order valence-electron chi connectivity index (χ2n) is 6.39. The lowest BCUT2D eigenvalue weighted by molar-refractivity contribution is -0.0713. The van der Waals surface area contributed by atoms with Crippen LogP contribution in [-0.4, -0.2) is 48.2 Å². The zero-order valence-electron chi connectivity index (χ0n) is 13.6. The number of aliphatic hydroxyl groups is 1. The van der Waals surface area contributed by atoms with Gasteiger partial charge in [-0.3, -0.25) is 9.80 Å². The Balaban J connectivity index is 1.78. The summed E-state index contributed by atoms with van der Waals surface area (Å²) in [5.41, 5.74) is 0.816. The number of piperidine rings is 1. The molecule has 1 aromatic carbocycles. The van der Waals surface area contributed by atoms with Crippen LogP contribution in [0, 0.1) is 0 Å². The van der Waals surface area contributed by atoms with E-state index in [9.17, 15) is 5.11 Å². The van der Waals surface area contributed by atoms with E-state index in [0.29, 0.717) is 18.3 Å². The molecule has 1 saturated heterocycles. The van der Waals surface area contributed by atoms with Crippen LogP contribution < -0.4 is 0 Å². The Labute approximate surface area is 142 Å². The summed E-state index contributed by atoms with van der Waals surface area (Å²) in [7, 11) is 4.08. The highest BCUT2D eigenvalue weighted by Gasteiger charge is 2.45. The van der Waals surface area contributed by atoms with E-state index >= 15 is 0 Å². The number of likely N-dealkylation sites (N-methyl/N-ethyl adjacent to an activating group) is 1. The zero-order chi connectivity index (χ0) is 16.4. The molecular formula is C18H23ClN2O2. The van der Waals surface area contributed by atoms with Gasteiger partial charge in [0, 0.05) is 13.1 Å². The number of aliphatic hydroxyl groups excluding tert-OH is 1. The average Bonchev–Trinajstić information content (AvgIpc) is 2.93. The van der Waals surface area contributed by atoms with Gasteiger partial charge < -0.3 is 9.52 Å². The van der Waals surface area contributed by atoms with Crippen molar-refractivity contribution in [2.24, 2.45) is 0 Å². The fourth-order valence-corrected chi connectivity index (χ4v) is 3.79. The fourth-order valence-electron chi connectivity index (χ4n) is 3.63. The first-order valence-electron chi connectivity index (χ1n) is 7.90. The van der Waals surface area contributed by atoms with E-state index in [2.05, 4.69) is 21.9 Å². The van der Waals surface area contributed by atoms with Gasteiger partial charge in [0.2, 0.25) is 0 Å². The highest BCUT2D eigenvalue weighted by molar-refractivity contribution is 6.28. The second-order valence-corrected chi connectivity index (χ2v) is 6.76. The average molecular weight is 335 g/mol. The minimum absolute atomic E-state index is 0.349. The van der Waals surface area contributed by atoms with E-state index in [1.165, 1.54) is 0 Å². The first-order valence-corrected chi connectivity index (χ1v) is 8.28. The second kappa shape index (κ2) is 6.65. The molecule has 1 aliphatic rings. The highest BCUT2D eigenvalue weighted by atomic mass is 35.5. The molecule has 23 heavy (non-hydrogen) atoms. The van der Waals surface area contributed by atoms with Crippen LogP contribution in [0.4, 0.5) is 0 Å². The number of β-amino-alcohol motifs (C(OH)–C–C–N with tert-alkyl or cyclic N) is 1. The Morgan fingerprint density at radius 2 is 2.00 bits per heavy atom. The van der Waals surface area contributed by atoms with E-state index in [0.717, 1.165) is 24.3 Å². The van der Waals surface area contributed by atoms with Crippen molar-refractivity contribution in [1.82, 2.24) is 9.80 Å². The Kier molecular flexibility index (Phi) is 4.78. The standard InChI is InChI=1S/C18H23ClN2O2/c1-20(2)18(14-6-4-3-5-7-14)10-11-21(13-16(18)22)12-15-8-9-17(19)23-15/h3-9,16,22H,10-13H2,1-2H3/t16-,18+/m1/s1. The molecule has 4 nitrogen and oxygen atoms in total. The molecule has 1 fully saturated rings. The lowest BCUT2D eigenvalue weighted by Crippen LogP contribution is -2.59. The molecule has 0 unspecified atom stereocenters. The molecule has 0 bridgehead atoms. The summed E-state index contributed by atoms with van der Waals surface area (Å²) < 4.78 is 5.44. The van der Waals surface area contributed by atoms with Crippen molar-refractivity contribution in [3.05, 3.63) is 59.0 Å². The van der Waals surface area contributed by atoms with Crippen molar-refractivity contribution in [1.29, 1.82) is 0 Å². The van der Waals surface area contributed by atoms with Crippen molar-refractivity contribution in [2.45, 2.75) is 24.6 Å². The first-order chi connectivity index (χ1) is 11.0. The number of rotatable bonds is 4. The molecule has 0 radical (unpaired) electrons. The van der Waals surface area contributed by atoms with E-state index < -0.39 is 6.10 Å². The minimum Gasteiger partial charge on any atom is -0.448 e. The van der Waals surface area contributed by atoms with E-state index in [1.54, 1.807) is 6.07 Å². The Bertz CT molecular complexity index is 643. The molecule has 5 heteroatoms. The minimum atomic E-state index is -0.473. The number of likely N-dealkylation sites (tertiary alicyclic amines) is 1. The van der Waals surface area contributed by atoms with Gasteiger partial charge in [0.1, 0.15) is 5.76 Å². The zero-order valence-corrected chi connectivity index (χ0v) is 14.3. The maximum Gasteiger partial charge on any atom is 0.193 e. The van der Waals surface area contributed by atoms with Crippen LogP contribution in [-0.2, 0) is 12.1 Å². The lowest BCUT2D eigenvalue weighted by Gasteiger charge is -2.49. The Morgan fingerprint density at radius 3 is 2.57 bits per heavy atom. The van der Waals surface area contributed by atoms with Crippen LogP contribution in [0.5, 0.6) is 0 Å². The molecule has 0 aliphatic carbocycles. The number of halogens is 1. The summed E-state index contributed by atoms with van der Waals surface area (Å²) >= 11 is 5.83. The summed E-state index contributed by atoms with van der Waals surface area (Å²) in [6.07, 6.45) is 0.388. The third-order valence-electron chi connectivity index (χ3n) is 4.87.